The van der Waals surface area contributed by atoms with Crippen LogP contribution in [-0.4, -0.2) is 24.4 Å². The van der Waals surface area contributed by atoms with E-state index in [2.05, 4.69) is 23.6 Å². The van der Waals surface area contributed by atoms with Crippen molar-refractivity contribution in [1.82, 2.24) is 4.98 Å². The molecular weight excluding hydrogens is 277 g/mol. The topological polar surface area (TPSA) is 48.1 Å². The Bertz CT molecular complexity index is 391. The Hall–Kier alpha value is -0.660. The SMILES string of the molecule is CC(C)Cc1nc(CCOCC(F)(F)F)sc1CN. The molecule has 2 N–H and O–H groups in total. The number of halogens is 3. The Balaban J connectivity index is 2.48. The van der Waals surface area contributed by atoms with Crippen LogP contribution in [0.4, 0.5) is 13.2 Å². The highest BCUT2D eigenvalue weighted by Crippen LogP contribution is 2.21. The summed E-state index contributed by atoms with van der Waals surface area (Å²) in [4.78, 5) is 5.45. The van der Waals surface area contributed by atoms with Gasteiger partial charge < -0.3 is 10.5 Å². The fourth-order valence-electron chi connectivity index (χ4n) is 1.60. The largest absolute Gasteiger partial charge is 0.411 e. The number of alkyl halides is 3. The Morgan fingerprint density at radius 3 is 2.58 bits per heavy atom. The molecule has 3 nitrogen and oxygen atoms in total. The van der Waals surface area contributed by atoms with Crippen LogP contribution < -0.4 is 5.73 Å². The fraction of sp³-hybridized carbons (Fsp3) is 0.750. The molecule has 0 aliphatic heterocycles. The van der Waals surface area contributed by atoms with Gasteiger partial charge in [0, 0.05) is 17.8 Å². The predicted octanol–water partition coefficient (Wildman–Crippen LogP) is 2.92. The molecule has 110 valence electrons. The lowest BCUT2D eigenvalue weighted by molar-refractivity contribution is -0.173. The van der Waals surface area contributed by atoms with Gasteiger partial charge in [0.15, 0.2) is 0 Å². The van der Waals surface area contributed by atoms with Crippen LogP contribution >= 0.6 is 11.3 Å². The van der Waals surface area contributed by atoms with Gasteiger partial charge in [-0.15, -0.1) is 11.3 Å². The molecule has 1 aromatic heterocycles. The molecule has 0 aliphatic carbocycles. The standard InChI is InChI=1S/C12H19F3N2OS/c1-8(2)5-9-10(6-16)19-11(17-9)3-4-18-7-12(13,14)15/h8H,3-7,16H2,1-2H3. The van der Waals surface area contributed by atoms with Gasteiger partial charge in [0.05, 0.1) is 17.3 Å². The van der Waals surface area contributed by atoms with Crippen LogP contribution in [0.25, 0.3) is 0 Å². The number of nitrogens with two attached hydrogens (primary N) is 1. The number of nitrogens with zero attached hydrogens (tertiary/aromatic N) is 1. The molecule has 1 rings (SSSR count). The minimum absolute atomic E-state index is 0.0259. The van der Waals surface area contributed by atoms with Gasteiger partial charge in [-0.25, -0.2) is 4.98 Å². The van der Waals surface area contributed by atoms with E-state index in [9.17, 15) is 13.2 Å². The molecule has 1 heterocycles. The molecule has 7 heteroatoms. The third kappa shape index (κ3) is 6.35. The molecule has 0 aromatic carbocycles. The van der Waals surface area contributed by atoms with Crippen LogP contribution in [0.1, 0.15) is 29.4 Å². The Morgan fingerprint density at radius 1 is 1.37 bits per heavy atom. The van der Waals surface area contributed by atoms with Crippen LogP contribution in [0, 0.1) is 5.92 Å². The molecule has 0 saturated heterocycles. The zero-order valence-electron chi connectivity index (χ0n) is 11.1. The molecule has 19 heavy (non-hydrogen) atoms. The highest BCUT2D eigenvalue weighted by Gasteiger charge is 2.27. The molecule has 0 aliphatic rings. The monoisotopic (exact) mass is 296 g/mol. The number of hydrogen-bond acceptors (Lipinski definition) is 4. The van der Waals surface area contributed by atoms with Crippen LogP contribution in [0.2, 0.25) is 0 Å². The minimum atomic E-state index is -4.27. The summed E-state index contributed by atoms with van der Waals surface area (Å²) in [6.07, 6.45) is -3.04. The van der Waals surface area contributed by atoms with Gasteiger partial charge in [-0.3, -0.25) is 0 Å². The van der Waals surface area contributed by atoms with Gasteiger partial charge in [-0.1, -0.05) is 13.8 Å². The maximum Gasteiger partial charge on any atom is 0.411 e. The molecule has 0 spiro atoms. The lowest BCUT2D eigenvalue weighted by Crippen LogP contribution is -2.17. The molecular formula is C12H19F3N2OS. The molecule has 0 amide bonds. The zero-order valence-corrected chi connectivity index (χ0v) is 11.9. The molecule has 0 radical (unpaired) electrons. The van der Waals surface area contributed by atoms with E-state index < -0.39 is 12.8 Å². The number of ether oxygens (including phenoxy) is 1. The fourth-order valence-corrected chi connectivity index (χ4v) is 2.55. The van der Waals surface area contributed by atoms with E-state index >= 15 is 0 Å². The summed E-state index contributed by atoms with van der Waals surface area (Å²) in [5, 5.41) is 0.790. The highest BCUT2D eigenvalue weighted by atomic mass is 32.1. The summed E-state index contributed by atoms with van der Waals surface area (Å²) in [6, 6.07) is 0. The Morgan fingerprint density at radius 2 is 2.05 bits per heavy atom. The van der Waals surface area contributed by atoms with E-state index in [1.807, 2.05) is 0 Å². The smallest absolute Gasteiger partial charge is 0.372 e. The summed E-state index contributed by atoms with van der Waals surface area (Å²) in [6.45, 7) is 3.42. The van der Waals surface area contributed by atoms with Gasteiger partial charge in [0.2, 0.25) is 0 Å². The van der Waals surface area contributed by atoms with Crippen molar-refractivity contribution < 1.29 is 17.9 Å². The lowest BCUT2D eigenvalue weighted by atomic mass is 10.1. The maximum atomic E-state index is 11.9. The van der Waals surface area contributed by atoms with Crippen molar-refractivity contribution in [3.05, 3.63) is 15.6 Å². The van der Waals surface area contributed by atoms with Crippen molar-refractivity contribution in [3.8, 4) is 0 Å². The minimum Gasteiger partial charge on any atom is -0.372 e. The first kappa shape index (κ1) is 16.4. The second-order valence-corrected chi connectivity index (χ2v) is 5.87. The first-order valence-corrected chi connectivity index (χ1v) is 6.95. The molecule has 0 unspecified atom stereocenters. The highest BCUT2D eigenvalue weighted by molar-refractivity contribution is 7.11. The van der Waals surface area contributed by atoms with E-state index in [1.165, 1.54) is 11.3 Å². The van der Waals surface area contributed by atoms with E-state index in [1.54, 1.807) is 0 Å². The average molecular weight is 296 g/mol. The van der Waals surface area contributed by atoms with Gasteiger partial charge in [-0.05, 0) is 12.3 Å². The predicted molar refractivity (Wildman–Crippen MR) is 69.1 cm³/mol. The van der Waals surface area contributed by atoms with Crippen LogP contribution in [-0.2, 0) is 24.1 Å². The summed E-state index contributed by atoms with van der Waals surface area (Å²) in [5.41, 5.74) is 6.61. The lowest BCUT2D eigenvalue weighted by Gasteiger charge is -2.06. The van der Waals surface area contributed by atoms with E-state index in [0.717, 1.165) is 22.0 Å². The molecule has 0 saturated carbocycles. The molecule has 0 atom stereocenters. The van der Waals surface area contributed by atoms with E-state index in [-0.39, 0.29) is 6.61 Å². The summed E-state index contributed by atoms with van der Waals surface area (Å²) < 4.78 is 40.3. The number of hydrogen-bond donors (Lipinski definition) is 1. The van der Waals surface area contributed by atoms with Gasteiger partial charge >= 0.3 is 6.18 Å². The zero-order chi connectivity index (χ0) is 14.5. The van der Waals surface area contributed by atoms with Crippen molar-refractivity contribution in [2.45, 2.75) is 39.4 Å². The van der Waals surface area contributed by atoms with Crippen molar-refractivity contribution in [2.75, 3.05) is 13.2 Å². The van der Waals surface area contributed by atoms with Crippen LogP contribution in [0.3, 0.4) is 0 Å². The Labute approximate surface area is 115 Å². The second kappa shape index (κ2) is 7.21. The first-order chi connectivity index (χ1) is 8.81. The Kier molecular flexibility index (Phi) is 6.22. The number of rotatable bonds is 7. The van der Waals surface area contributed by atoms with Crippen molar-refractivity contribution in [1.29, 1.82) is 0 Å². The quantitative estimate of drug-likeness (QED) is 0.787. The second-order valence-electron chi connectivity index (χ2n) is 4.70. The van der Waals surface area contributed by atoms with E-state index in [0.29, 0.717) is 18.9 Å². The van der Waals surface area contributed by atoms with Crippen molar-refractivity contribution in [3.63, 3.8) is 0 Å². The van der Waals surface area contributed by atoms with Crippen molar-refractivity contribution in [2.24, 2.45) is 11.7 Å². The summed E-state index contributed by atoms with van der Waals surface area (Å²) >= 11 is 1.46. The molecule has 0 fully saturated rings. The number of thiazole rings is 1. The maximum absolute atomic E-state index is 11.9. The van der Waals surface area contributed by atoms with Gasteiger partial charge in [0.1, 0.15) is 6.61 Å². The van der Waals surface area contributed by atoms with E-state index in [4.69, 9.17) is 5.73 Å². The number of aromatic nitrogens is 1. The first-order valence-electron chi connectivity index (χ1n) is 6.14. The average Bonchev–Trinajstić information content (AvgIpc) is 2.64. The normalized spacial score (nSPS) is 12.4. The summed E-state index contributed by atoms with van der Waals surface area (Å²) in [5.74, 6) is 0.474. The molecule has 0 bridgehead atoms. The molecule has 1 aromatic rings. The van der Waals surface area contributed by atoms with Crippen molar-refractivity contribution >= 4 is 11.3 Å². The third-order valence-corrected chi connectivity index (χ3v) is 3.52. The third-order valence-electron chi connectivity index (χ3n) is 2.34. The van der Waals surface area contributed by atoms with Gasteiger partial charge in [0.25, 0.3) is 0 Å². The van der Waals surface area contributed by atoms with Crippen LogP contribution in [0.15, 0.2) is 0 Å². The summed E-state index contributed by atoms with van der Waals surface area (Å²) in [7, 11) is 0. The van der Waals surface area contributed by atoms with Gasteiger partial charge in [-0.2, -0.15) is 13.2 Å². The van der Waals surface area contributed by atoms with Crippen LogP contribution in [0.5, 0.6) is 0 Å².